The highest BCUT2D eigenvalue weighted by atomic mass is 16.5. The van der Waals surface area contributed by atoms with Gasteiger partial charge in [0.25, 0.3) is 5.56 Å². The smallest absolute Gasteiger partial charge is 0.358 e. The van der Waals surface area contributed by atoms with E-state index in [0.29, 0.717) is 23.5 Å². The molecule has 1 aromatic heterocycles. The summed E-state index contributed by atoms with van der Waals surface area (Å²) < 4.78 is 6.90. The van der Waals surface area contributed by atoms with Crippen LogP contribution in [0.2, 0.25) is 0 Å². The number of para-hydroxylation sites is 2. The van der Waals surface area contributed by atoms with Gasteiger partial charge >= 0.3 is 5.97 Å². The topological polar surface area (TPSA) is 97.1 Å². The summed E-state index contributed by atoms with van der Waals surface area (Å²) in [5.74, 6) is 2.34. The molecule has 4 fully saturated rings. The molecule has 6 rings (SSSR count). The molecule has 37 heavy (non-hydrogen) atoms. The molecule has 2 aromatic rings. The number of esters is 1. The second kappa shape index (κ2) is 10.3. The third-order valence-electron chi connectivity index (χ3n) is 9.51. The van der Waals surface area contributed by atoms with Gasteiger partial charge < -0.3 is 14.6 Å². The molecule has 2 N–H and O–H groups in total. The zero-order chi connectivity index (χ0) is 25.5. The Morgan fingerprint density at radius 3 is 2.46 bits per heavy atom. The van der Waals surface area contributed by atoms with Crippen molar-refractivity contribution in [3.05, 3.63) is 40.3 Å². The monoisotopic (exact) mass is 504 g/mol. The van der Waals surface area contributed by atoms with E-state index in [1.54, 1.807) is 6.92 Å². The lowest BCUT2D eigenvalue weighted by atomic mass is 9.77. The molecule has 2 bridgehead atoms. The van der Waals surface area contributed by atoms with Crippen molar-refractivity contribution < 1.29 is 9.53 Å². The number of rotatable bonds is 6. The number of benzene rings is 1. The summed E-state index contributed by atoms with van der Waals surface area (Å²) >= 11 is 0. The van der Waals surface area contributed by atoms with Gasteiger partial charge in [0.1, 0.15) is 0 Å². The van der Waals surface area contributed by atoms with E-state index in [-0.39, 0.29) is 23.9 Å². The predicted octanol–water partition coefficient (Wildman–Crippen LogP) is 5.01. The van der Waals surface area contributed by atoms with E-state index in [0.717, 1.165) is 36.1 Å². The molecule has 4 saturated carbocycles. The van der Waals surface area contributed by atoms with Crippen molar-refractivity contribution in [2.24, 2.45) is 23.7 Å². The molecule has 6 atom stereocenters. The molecule has 7 heteroatoms. The van der Waals surface area contributed by atoms with Crippen LogP contribution in [0.4, 0.5) is 0 Å². The predicted molar refractivity (Wildman–Crippen MR) is 144 cm³/mol. The lowest BCUT2D eigenvalue weighted by Gasteiger charge is -2.37. The summed E-state index contributed by atoms with van der Waals surface area (Å²) in [4.78, 5) is 30.7. The van der Waals surface area contributed by atoms with Crippen molar-refractivity contribution in [3.63, 3.8) is 0 Å². The highest BCUT2D eigenvalue weighted by molar-refractivity contribution is 6.41. The van der Waals surface area contributed by atoms with Gasteiger partial charge in [0.15, 0.2) is 11.4 Å². The van der Waals surface area contributed by atoms with Crippen LogP contribution in [-0.2, 0) is 9.53 Å². The van der Waals surface area contributed by atoms with Crippen LogP contribution in [0.5, 0.6) is 0 Å². The van der Waals surface area contributed by atoms with Crippen molar-refractivity contribution in [1.82, 2.24) is 14.9 Å². The van der Waals surface area contributed by atoms with Gasteiger partial charge in [0, 0.05) is 18.1 Å². The Balaban J connectivity index is 1.31. The van der Waals surface area contributed by atoms with Gasteiger partial charge in [0.2, 0.25) is 0 Å². The Morgan fingerprint density at radius 1 is 1.00 bits per heavy atom. The van der Waals surface area contributed by atoms with Crippen molar-refractivity contribution >= 4 is 22.7 Å². The maximum absolute atomic E-state index is 13.9. The number of fused-ring (bicyclic) bond motifs is 4. The van der Waals surface area contributed by atoms with Gasteiger partial charge in [-0.25, -0.2) is 9.78 Å². The minimum atomic E-state index is -0.796. The molecule has 0 amide bonds. The Hall–Kier alpha value is -2.54. The standard InChI is InChI=1S/C30H40N4O3/c1-2-37-30(36)27(31)28-29(35)34(26-10-6-5-9-25(26)33-28)24-16-21-14-20(21)15-23(17-24)32-22-12-18-7-3-4-8-19(11-18)13-22/h5-6,9-10,18-24,31-32H,2-4,7-8,11-17H2,1H3. The third-order valence-corrected chi connectivity index (χ3v) is 9.51. The average Bonchev–Trinajstić information content (AvgIpc) is 3.66. The van der Waals surface area contributed by atoms with Gasteiger partial charge in [-0.15, -0.1) is 0 Å². The van der Waals surface area contributed by atoms with Crippen molar-refractivity contribution in [2.75, 3.05) is 6.61 Å². The number of hydrogen-bond acceptors (Lipinski definition) is 6. The molecule has 4 aliphatic carbocycles. The first-order valence-electron chi connectivity index (χ1n) is 14.5. The molecule has 4 aliphatic rings. The van der Waals surface area contributed by atoms with Crippen LogP contribution in [0, 0.1) is 29.1 Å². The number of nitrogens with zero attached hydrogens (tertiary/aromatic N) is 2. The van der Waals surface area contributed by atoms with E-state index in [1.165, 1.54) is 57.8 Å². The maximum Gasteiger partial charge on any atom is 0.358 e. The summed E-state index contributed by atoms with van der Waals surface area (Å²) in [5, 5.41) is 12.5. The first-order chi connectivity index (χ1) is 18.0. The van der Waals surface area contributed by atoms with E-state index >= 15 is 0 Å². The largest absolute Gasteiger partial charge is 0.461 e. The summed E-state index contributed by atoms with van der Waals surface area (Å²) in [6, 6.07) is 8.63. The highest BCUT2D eigenvalue weighted by Crippen LogP contribution is 2.51. The lowest BCUT2D eigenvalue weighted by Crippen LogP contribution is -2.44. The number of carbonyl (C=O) groups excluding carboxylic acids is 1. The summed E-state index contributed by atoms with van der Waals surface area (Å²) in [5.41, 5.74) is 0.532. The van der Waals surface area contributed by atoms with Crippen LogP contribution in [0.25, 0.3) is 11.0 Å². The summed E-state index contributed by atoms with van der Waals surface area (Å²) in [6.07, 6.45) is 13.9. The summed E-state index contributed by atoms with van der Waals surface area (Å²) in [6.45, 7) is 1.86. The second-order valence-electron chi connectivity index (χ2n) is 12.1. The Bertz CT molecular complexity index is 1230. The average molecular weight is 505 g/mol. The zero-order valence-electron chi connectivity index (χ0n) is 22.0. The molecule has 1 aromatic carbocycles. The molecule has 7 nitrogen and oxygen atoms in total. The quantitative estimate of drug-likeness (QED) is 0.426. The van der Waals surface area contributed by atoms with E-state index < -0.39 is 11.7 Å². The minimum Gasteiger partial charge on any atom is -0.461 e. The van der Waals surface area contributed by atoms with Crippen LogP contribution >= 0.6 is 0 Å². The van der Waals surface area contributed by atoms with Crippen molar-refractivity contribution in [1.29, 1.82) is 5.41 Å². The van der Waals surface area contributed by atoms with Gasteiger partial charge in [0.05, 0.1) is 17.6 Å². The van der Waals surface area contributed by atoms with Crippen LogP contribution in [0.1, 0.15) is 89.3 Å². The number of nitrogens with one attached hydrogen (secondary N) is 2. The highest BCUT2D eigenvalue weighted by Gasteiger charge is 2.45. The first kappa shape index (κ1) is 24.8. The Morgan fingerprint density at radius 2 is 1.70 bits per heavy atom. The van der Waals surface area contributed by atoms with E-state index in [4.69, 9.17) is 10.1 Å². The molecule has 6 unspecified atom stereocenters. The van der Waals surface area contributed by atoms with Crippen LogP contribution in [0.3, 0.4) is 0 Å². The number of aromatic nitrogens is 2. The normalized spacial score (nSPS) is 33.2. The van der Waals surface area contributed by atoms with Crippen molar-refractivity contribution in [2.45, 2.75) is 95.7 Å². The molecular weight excluding hydrogens is 464 g/mol. The van der Waals surface area contributed by atoms with E-state index in [9.17, 15) is 9.59 Å². The molecule has 0 aliphatic heterocycles. The van der Waals surface area contributed by atoms with Gasteiger partial charge in [-0.3, -0.25) is 10.2 Å². The fourth-order valence-electron chi connectivity index (χ4n) is 7.82. The van der Waals surface area contributed by atoms with Crippen LogP contribution in [-0.4, -0.2) is 39.9 Å². The molecule has 198 valence electrons. The van der Waals surface area contributed by atoms with Crippen molar-refractivity contribution in [3.8, 4) is 0 Å². The SMILES string of the molecule is CCOC(=O)C(=N)c1nc2ccccc2n(C2CC(NC3CC4CCCCC(C4)C3)CC3CC3C2)c1=O. The van der Waals surface area contributed by atoms with Gasteiger partial charge in [-0.05, 0) is 87.7 Å². The molecule has 0 radical (unpaired) electrons. The fourth-order valence-corrected chi connectivity index (χ4v) is 7.82. The maximum atomic E-state index is 13.9. The Labute approximate surface area is 218 Å². The fraction of sp³-hybridized carbons (Fsp3) is 0.667. The molecule has 1 heterocycles. The second-order valence-corrected chi connectivity index (χ2v) is 12.1. The van der Waals surface area contributed by atoms with Crippen LogP contribution < -0.4 is 10.9 Å². The number of hydrogen-bond donors (Lipinski definition) is 2. The number of carbonyl (C=O) groups is 1. The van der Waals surface area contributed by atoms with E-state index in [2.05, 4.69) is 10.3 Å². The molecular formula is C30H40N4O3. The zero-order valence-corrected chi connectivity index (χ0v) is 22.0. The minimum absolute atomic E-state index is 0.0232. The summed E-state index contributed by atoms with van der Waals surface area (Å²) in [7, 11) is 0. The lowest BCUT2D eigenvalue weighted by molar-refractivity contribution is -0.135. The van der Waals surface area contributed by atoms with Crippen LogP contribution in [0.15, 0.2) is 29.1 Å². The van der Waals surface area contributed by atoms with Gasteiger partial charge in [-0.2, -0.15) is 0 Å². The first-order valence-corrected chi connectivity index (χ1v) is 14.5. The number of ether oxygens (including phenoxy) is 1. The van der Waals surface area contributed by atoms with E-state index in [1.807, 2.05) is 28.8 Å². The third kappa shape index (κ3) is 5.12. The molecule has 0 spiro atoms. The Kier molecular flexibility index (Phi) is 6.91. The van der Waals surface area contributed by atoms with Gasteiger partial charge in [-0.1, -0.05) is 37.8 Å². The molecule has 0 saturated heterocycles.